The Hall–Kier alpha value is -2.27. The predicted molar refractivity (Wildman–Crippen MR) is 349 cm³/mol. The SMILES string of the molecule is CCC(CC)COC(=O)CCCCC(O)CN(CCCCSSCCN1CCN(CCOC(=O)CCCN(CC(O)CCCCC(=O)OCCC(C)C)CC(O)CCCCC(=O)OCCC(C)C)CC1)CC(O)CCCCC(=O)OCC(CC)CC. The highest BCUT2D eigenvalue weighted by molar-refractivity contribution is 8.76. The Bertz CT molecular complexity index is 1590. The van der Waals surface area contributed by atoms with Crippen molar-refractivity contribution < 1.29 is 68.1 Å². The molecule has 4 atom stereocenters. The lowest BCUT2D eigenvalue weighted by atomic mass is 10.1. The molecule has 86 heavy (non-hydrogen) atoms. The van der Waals surface area contributed by atoms with Gasteiger partial charge in [-0.15, -0.1) is 0 Å². The average molecular weight is 1260 g/mol. The quantitative estimate of drug-likeness (QED) is 0.0192. The van der Waals surface area contributed by atoms with Crippen LogP contribution in [0, 0.1) is 23.7 Å². The number of rotatable bonds is 58. The molecule has 1 fully saturated rings. The summed E-state index contributed by atoms with van der Waals surface area (Å²) in [6.45, 7) is 27.3. The molecule has 506 valence electrons. The molecule has 0 aromatic heterocycles. The number of aliphatic hydroxyl groups is 4. The van der Waals surface area contributed by atoms with Gasteiger partial charge in [-0.1, -0.05) is 128 Å². The van der Waals surface area contributed by atoms with Crippen LogP contribution < -0.4 is 0 Å². The standard InChI is InChI=1S/C66H126N4O14S2/c1-9-56(10-2)52-83-65(78)30-19-15-26-58(71)48-69(49-59(72)27-16-20-31-66(79)84-53-57(11-3)12-4)35-21-22-46-85-86-47-42-68-39-37-67(38-40-68)41-45-82-64(77)32-23-36-70(50-60(73)24-13-17-28-62(75)80-43-33-54(5)6)51-61(74)25-14-18-29-63(76)81-44-34-55(7)8/h54-61,71-74H,9-53H2,1-8H3. The van der Waals surface area contributed by atoms with E-state index in [1.165, 1.54) is 0 Å². The molecule has 0 radical (unpaired) electrons. The second-order valence-electron chi connectivity index (χ2n) is 25.0. The van der Waals surface area contributed by atoms with Gasteiger partial charge in [-0.05, 0) is 120 Å². The van der Waals surface area contributed by atoms with Gasteiger partial charge in [-0.2, -0.15) is 0 Å². The maximum atomic E-state index is 12.9. The predicted octanol–water partition coefficient (Wildman–Crippen LogP) is 10.5. The summed E-state index contributed by atoms with van der Waals surface area (Å²) in [5.41, 5.74) is 0. The molecule has 4 unspecified atom stereocenters. The van der Waals surface area contributed by atoms with E-state index in [0.29, 0.717) is 192 Å². The van der Waals surface area contributed by atoms with Gasteiger partial charge in [0.1, 0.15) is 6.61 Å². The van der Waals surface area contributed by atoms with Crippen LogP contribution >= 0.6 is 21.6 Å². The summed E-state index contributed by atoms with van der Waals surface area (Å²) >= 11 is 0. The summed E-state index contributed by atoms with van der Waals surface area (Å²) in [5.74, 6) is 2.76. The zero-order valence-corrected chi connectivity index (χ0v) is 57.0. The van der Waals surface area contributed by atoms with E-state index in [0.717, 1.165) is 115 Å². The molecule has 1 heterocycles. The van der Waals surface area contributed by atoms with Gasteiger partial charge >= 0.3 is 29.8 Å². The van der Waals surface area contributed by atoms with Crippen molar-refractivity contribution in [2.24, 2.45) is 23.7 Å². The summed E-state index contributed by atoms with van der Waals surface area (Å²) in [7, 11) is 3.79. The van der Waals surface area contributed by atoms with Crippen LogP contribution in [0.25, 0.3) is 0 Å². The van der Waals surface area contributed by atoms with Crippen LogP contribution in [0.15, 0.2) is 0 Å². The normalized spacial score (nSPS) is 14.8. The van der Waals surface area contributed by atoms with Crippen molar-refractivity contribution in [3.8, 4) is 0 Å². The first-order valence-electron chi connectivity index (χ1n) is 34.0. The van der Waals surface area contributed by atoms with E-state index in [1.807, 2.05) is 26.5 Å². The molecule has 0 amide bonds. The Labute approximate surface area is 530 Å². The van der Waals surface area contributed by atoms with Crippen molar-refractivity contribution in [2.75, 3.05) is 123 Å². The van der Waals surface area contributed by atoms with Crippen LogP contribution in [0.4, 0.5) is 0 Å². The van der Waals surface area contributed by atoms with Crippen molar-refractivity contribution in [1.82, 2.24) is 19.6 Å². The molecule has 18 nitrogen and oxygen atoms in total. The molecular weight excluding hydrogens is 1140 g/mol. The van der Waals surface area contributed by atoms with Crippen molar-refractivity contribution in [3.63, 3.8) is 0 Å². The van der Waals surface area contributed by atoms with E-state index in [9.17, 15) is 44.4 Å². The minimum absolute atomic E-state index is 0.171. The summed E-state index contributed by atoms with van der Waals surface area (Å²) < 4.78 is 27.2. The molecule has 1 saturated heterocycles. The maximum Gasteiger partial charge on any atom is 0.305 e. The number of aliphatic hydroxyl groups excluding tert-OH is 4. The molecule has 20 heteroatoms. The number of piperazine rings is 1. The van der Waals surface area contributed by atoms with Gasteiger partial charge in [0, 0.05) is 109 Å². The molecule has 0 saturated carbocycles. The fourth-order valence-corrected chi connectivity index (χ4v) is 12.2. The molecule has 0 aromatic carbocycles. The van der Waals surface area contributed by atoms with E-state index >= 15 is 0 Å². The molecule has 1 rings (SSSR count). The van der Waals surface area contributed by atoms with Crippen molar-refractivity contribution in [2.45, 2.75) is 247 Å². The molecule has 0 bridgehead atoms. The monoisotopic (exact) mass is 1260 g/mol. The highest BCUT2D eigenvalue weighted by Crippen LogP contribution is 2.23. The summed E-state index contributed by atoms with van der Waals surface area (Å²) in [6.07, 6.45) is 14.9. The zero-order valence-electron chi connectivity index (χ0n) is 55.4. The van der Waals surface area contributed by atoms with Gasteiger partial charge in [0.25, 0.3) is 0 Å². The number of carbonyl (C=O) groups excluding carboxylic acids is 5. The van der Waals surface area contributed by atoms with E-state index in [1.54, 1.807) is 0 Å². The highest BCUT2D eigenvalue weighted by atomic mass is 33.1. The Kier molecular flexibility index (Phi) is 51.8. The highest BCUT2D eigenvalue weighted by Gasteiger charge is 2.21. The molecule has 1 aliphatic heterocycles. The van der Waals surface area contributed by atoms with E-state index in [4.69, 9.17) is 23.7 Å². The Morgan fingerprint density at radius 1 is 0.395 bits per heavy atom. The molecule has 0 spiro atoms. The van der Waals surface area contributed by atoms with Gasteiger partial charge < -0.3 is 44.1 Å². The molecule has 0 aromatic rings. The summed E-state index contributed by atoms with van der Waals surface area (Å²) in [6, 6.07) is 0. The van der Waals surface area contributed by atoms with Crippen LogP contribution in [0.5, 0.6) is 0 Å². The third kappa shape index (κ3) is 48.6. The number of hydrogen-bond donors (Lipinski definition) is 4. The minimum atomic E-state index is -0.652. The third-order valence-corrected chi connectivity index (χ3v) is 18.7. The van der Waals surface area contributed by atoms with Crippen molar-refractivity contribution in [1.29, 1.82) is 0 Å². The summed E-state index contributed by atoms with van der Waals surface area (Å²) in [4.78, 5) is 70.7. The first-order chi connectivity index (χ1) is 41.3. The lowest BCUT2D eigenvalue weighted by Crippen LogP contribution is -2.47. The number of esters is 5. The van der Waals surface area contributed by atoms with Gasteiger partial charge in [-0.25, -0.2) is 0 Å². The van der Waals surface area contributed by atoms with E-state index in [-0.39, 0.29) is 36.3 Å². The zero-order chi connectivity index (χ0) is 63.6. The van der Waals surface area contributed by atoms with Crippen molar-refractivity contribution >= 4 is 51.4 Å². The maximum absolute atomic E-state index is 12.9. The smallest absolute Gasteiger partial charge is 0.305 e. The molecule has 1 aliphatic rings. The molecule has 4 N–H and O–H groups in total. The average Bonchev–Trinajstić information content (AvgIpc) is 3.63. The number of hydrogen-bond acceptors (Lipinski definition) is 20. The fourth-order valence-electron chi connectivity index (χ4n) is 10.1. The van der Waals surface area contributed by atoms with Crippen LogP contribution in [-0.4, -0.2) is 217 Å². The minimum Gasteiger partial charge on any atom is -0.466 e. The first kappa shape index (κ1) is 81.7. The third-order valence-electron chi connectivity index (χ3n) is 16.3. The molecule has 0 aliphatic carbocycles. The second kappa shape index (κ2) is 54.5. The van der Waals surface area contributed by atoms with Gasteiger partial charge in [0.15, 0.2) is 0 Å². The number of unbranched alkanes of at least 4 members (excludes halogenated alkanes) is 5. The topological polar surface area (TPSA) is 225 Å². The van der Waals surface area contributed by atoms with Crippen LogP contribution in [0.2, 0.25) is 0 Å². The van der Waals surface area contributed by atoms with E-state index < -0.39 is 24.4 Å². The van der Waals surface area contributed by atoms with Crippen LogP contribution in [0.3, 0.4) is 0 Å². The van der Waals surface area contributed by atoms with E-state index in [2.05, 4.69) is 70.1 Å². The number of nitrogens with zero attached hydrogens (tertiary/aromatic N) is 4. The Balaban J connectivity index is 2.47. The first-order valence-corrected chi connectivity index (χ1v) is 36.5. The number of ether oxygens (including phenoxy) is 5. The Morgan fingerprint density at radius 2 is 0.721 bits per heavy atom. The molecular formula is C66H126N4O14S2. The number of carbonyl (C=O) groups is 5. The largest absolute Gasteiger partial charge is 0.466 e. The van der Waals surface area contributed by atoms with Crippen LogP contribution in [-0.2, 0) is 47.7 Å². The van der Waals surface area contributed by atoms with Crippen molar-refractivity contribution in [3.05, 3.63) is 0 Å². The lowest BCUT2D eigenvalue weighted by molar-refractivity contribution is -0.146. The second-order valence-corrected chi connectivity index (χ2v) is 27.7. The van der Waals surface area contributed by atoms with Gasteiger partial charge in [0.2, 0.25) is 0 Å². The Morgan fingerprint density at radius 3 is 1.09 bits per heavy atom. The van der Waals surface area contributed by atoms with Gasteiger partial charge in [0.05, 0.1) is 50.8 Å². The summed E-state index contributed by atoms with van der Waals surface area (Å²) in [5, 5.41) is 44.0. The van der Waals surface area contributed by atoms with Crippen LogP contribution in [0.1, 0.15) is 222 Å². The van der Waals surface area contributed by atoms with Gasteiger partial charge in [-0.3, -0.25) is 43.6 Å². The fraction of sp³-hybridized carbons (Fsp3) is 0.924. The lowest BCUT2D eigenvalue weighted by Gasteiger charge is -2.34.